The Kier molecular flexibility index (Phi) is 5.32. The molecular weight excluding hydrogens is 403 g/mol. The van der Waals surface area contributed by atoms with Gasteiger partial charge in [0.15, 0.2) is 0 Å². The molecule has 3 rings (SSSR count). The van der Waals surface area contributed by atoms with E-state index in [1.165, 1.54) is 19.2 Å². The number of hydrogen-bond donors (Lipinski definition) is 1. The third kappa shape index (κ3) is 3.34. The molecular formula is C18H13Cl3O5. The second-order valence-electron chi connectivity index (χ2n) is 5.67. The molecule has 0 aromatic heterocycles. The lowest BCUT2D eigenvalue weighted by Crippen LogP contribution is -2.11. The first-order valence-electron chi connectivity index (χ1n) is 7.60. The van der Waals surface area contributed by atoms with Gasteiger partial charge in [0.25, 0.3) is 0 Å². The van der Waals surface area contributed by atoms with Crippen molar-refractivity contribution < 1.29 is 24.2 Å². The second kappa shape index (κ2) is 7.35. The summed E-state index contributed by atoms with van der Waals surface area (Å²) < 4.78 is 11.0. The number of fused-ring (bicyclic) bond motifs is 1. The van der Waals surface area contributed by atoms with Crippen LogP contribution in [-0.4, -0.2) is 30.6 Å². The molecule has 1 N–H and O–H groups in total. The van der Waals surface area contributed by atoms with E-state index < -0.39 is 11.8 Å². The largest absolute Gasteiger partial charge is 0.496 e. The van der Waals surface area contributed by atoms with Crippen LogP contribution >= 0.6 is 34.8 Å². The van der Waals surface area contributed by atoms with Gasteiger partial charge in [-0.2, -0.15) is 0 Å². The Morgan fingerprint density at radius 2 is 1.81 bits per heavy atom. The van der Waals surface area contributed by atoms with Gasteiger partial charge in [-0.15, -0.1) is 0 Å². The predicted octanol–water partition coefficient (Wildman–Crippen LogP) is 4.45. The van der Waals surface area contributed by atoms with Crippen LogP contribution in [0, 0.1) is 0 Å². The van der Waals surface area contributed by atoms with E-state index in [-0.39, 0.29) is 33.3 Å². The number of halogens is 3. The molecule has 26 heavy (non-hydrogen) atoms. The monoisotopic (exact) mass is 414 g/mol. The third-order valence-electron chi connectivity index (χ3n) is 4.01. The average molecular weight is 416 g/mol. The van der Waals surface area contributed by atoms with Crippen LogP contribution in [0.5, 0.6) is 11.5 Å². The molecule has 0 amide bonds. The summed E-state index contributed by atoms with van der Waals surface area (Å²) in [6.45, 7) is 0.386. The fourth-order valence-electron chi connectivity index (χ4n) is 3.00. The molecule has 1 aliphatic rings. The van der Waals surface area contributed by atoms with Gasteiger partial charge in [-0.1, -0.05) is 34.8 Å². The first-order valence-corrected chi connectivity index (χ1v) is 8.73. The molecule has 0 atom stereocenters. The van der Waals surface area contributed by atoms with Crippen molar-refractivity contribution >= 4 is 46.6 Å². The van der Waals surface area contributed by atoms with E-state index >= 15 is 0 Å². The third-order valence-corrected chi connectivity index (χ3v) is 4.82. The highest BCUT2D eigenvalue weighted by atomic mass is 35.5. The maximum atomic E-state index is 13.3. The highest BCUT2D eigenvalue weighted by Gasteiger charge is 2.31. The van der Waals surface area contributed by atoms with Gasteiger partial charge < -0.3 is 14.6 Å². The lowest BCUT2D eigenvalue weighted by atomic mass is 9.94. The number of hydrogen-bond acceptors (Lipinski definition) is 4. The molecule has 0 radical (unpaired) electrons. The zero-order valence-electron chi connectivity index (χ0n) is 13.6. The molecule has 5 nitrogen and oxygen atoms in total. The zero-order valence-corrected chi connectivity index (χ0v) is 15.8. The quantitative estimate of drug-likeness (QED) is 0.731. The van der Waals surface area contributed by atoms with Crippen molar-refractivity contribution in [2.45, 2.75) is 12.8 Å². The van der Waals surface area contributed by atoms with Gasteiger partial charge in [0.05, 0.1) is 35.7 Å². The Morgan fingerprint density at radius 1 is 1.15 bits per heavy atom. The number of carbonyl (C=O) groups excluding carboxylic acids is 1. The van der Waals surface area contributed by atoms with E-state index in [9.17, 15) is 14.7 Å². The van der Waals surface area contributed by atoms with E-state index in [0.717, 1.165) is 5.56 Å². The van der Waals surface area contributed by atoms with Crippen molar-refractivity contribution in [1.82, 2.24) is 0 Å². The topological polar surface area (TPSA) is 72.8 Å². The van der Waals surface area contributed by atoms with Crippen molar-refractivity contribution in [1.29, 1.82) is 0 Å². The fraction of sp³-hybridized carbons (Fsp3) is 0.222. The van der Waals surface area contributed by atoms with Crippen molar-refractivity contribution in [3.63, 3.8) is 0 Å². The van der Waals surface area contributed by atoms with Crippen LogP contribution in [0.4, 0.5) is 0 Å². The first kappa shape index (κ1) is 18.8. The molecule has 0 unspecified atom stereocenters. The highest BCUT2D eigenvalue weighted by molar-refractivity contribution is 6.43. The summed E-state index contributed by atoms with van der Waals surface area (Å²) in [7, 11) is 1.36. The maximum Gasteiger partial charge on any atom is 0.307 e. The van der Waals surface area contributed by atoms with Gasteiger partial charge in [0.2, 0.25) is 5.78 Å². The summed E-state index contributed by atoms with van der Waals surface area (Å²) in [5.74, 6) is -1.05. The number of rotatable bonds is 5. The molecule has 2 aromatic carbocycles. The van der Waals surface area contributed by atoms with Gasteiger partial charge in [-0.25, -0.2) is 0 Å². The van der Waals surface area contributed by atoms with E-state index in [2.05, 4.69) is 0 Å². The van der Waals surface area contributed by atoms with Crippen LogP contribution in [0.1, 0.15) is 27.0 Å². The molecule has 1 aliphatic heterocycles. The number of carboxylic acid groups (broad SMARTS) is 1. The molecule has 0 aliphatic carbocycles. The van der Waals surface area contributed by atoms with Crippen LogP contribution in [-0.2, 0) is 17.6 Å². The van der Waals surface area contributed by atoms with E-state index in [1.807, 2.05) is 0 Å². The number of ketones is 1. The molecule has 0 spiro atoms. The van der Waals surface area contributed by atoms with Gasteiger partial charge >= 0.3 is 5.97 Å². The fourth-order valence-corrected chi connectivity index (χ4v) is 3.99. The lowest BCUT2D eigenvalue weighted by Gasteiger charge is -2.17. The van der Waals surface area contributed by atoms with Crippen LogP contribution in [0.15, 0.2) is 18.2 Å². The lowest BCUT2D eigenvalue weighted by molar-refractivity contribution is -0.136. The first-order chi connectivity index (χ1) is 12.3. The summed E-state index contributed by atoms with van der Waals surface area (Å²) in [6.07, 6.45) is 0.271. The number of methoxy groups -OCH3 is 1. The smallest absolute Gasteiger partial charge is 0.307 e. The maximum absolute atomic E-state index is 13.3. The SMILES string of the molecule is COc1c(CC(=O)O)cc2c(c1C(=O)c1c(Cl)cc(Cl)cc1Cl)OCC2. The molecule has 0 bridgehead atoms. The Morgan fingerprint density at radius 3 is 2.38 bits per heavy atom. The number of aliphatic carboxylic acids is 1. The number of ether oxygens (including phenoxy) is 2. The Balaban J connectivity index is 2.25. The highest BCUT2D eigenvalue weighted by Crippen LogP contribution is 2.42. The minimum atomic E-state index is -1.04. The van der Waals surface area contributed by atoms with Crippen molar-refractivity contribution in [3.8, 4) is 11.5 Å². The Labute approximate surface area is 164 Å². The van der Waals surface area contributed by atoms with Crippen LogP contribution in [0.3, 0.4) is 0 Å². The molecule has 0 saturated heterocycles. The van der Waals surface area contributed by atoms with Crippen molar-refractivity contribution in [3.05, 3.63) is 55.5 Å². The molecule has 1 heterocycles. The van der Waals surface area contributed by atoms with Gasteiger partial charge in [0.1, 0.15) is 17.1 Å². The minimum absolute atomic E-state index is 0.0567. The van der Waals surface area contributed by atoms with E-state index in [1.54, 1.807) is 6.07 Å². The normalized spacial score (nSPS) is 12.5. The summed E-state index contributed by atoms with van der Waals surface area (Å²) in [5, 5.41) is 9.64. The number of carbonyl (C=O) groups is 2. The summed E-state index contributed by atoms with van der Waals surface area (Å²) in [6, 6.07) is 4.52. The molecule has 136 valence electrons. The van der Waals surface area contributed by atoms with Crippen LogP contribution in [0.25, 0.3) is 0 Å². The molecule has 2 aromatic rings. The minimum Gasteiger partial charge on any atom is -0.496 e. The van der Waals surface area contributed by atoms with Crippen LogP contribution in [0.2, 0.25) is 15.1 Å². The Hall–Kier alpha value is -1.95. The van der Waals surface area contributed by atoms with E-state index in [0.29, 0.717) is 29.4 Å². The Bertz CT molecular complexity index is 901. The van der Waals surface area contributed by atoms with Gasteiger partial charge in [0, 0.05) is 17.0 Å². The zero-order chi connectivity index (χ0) is 19.0. The summed E-state index contributed by atoms with van der Waals surface area (Å²) >= 11 is 18.3. The standard InChI is InChI=1S/C18H13Cl3O5/c1-25-17-9(5-13(22)23)4-8-2-3-26-18(8)15(17)16(24)14-11(20)6-10(19)7-12(14)21/h4,6-7H,2-3,5H2,1H3,(H,22,23). The molecule has 0 saturated carbocycles. The van der Waals surface area contributed by atoms with Gasteiger partial charge in [-0.3, -0.25) is 9.59 Å². The summed E-state index contributed by atoms with van der Waals surface area (Å²) in [4.78, 5) is 24.5. The average Bonchev–Trinajstić information content (AvgIpc) is 2.99. The van der Waals surface area contributed by atoms with Crippen molar-refractivity contribution in [2.75, 3.05) is 13.7 Å². The summed E-state index contributed by atoms with van der Waals surface area (Å²) in [5.41, 5.74) is 1.30. The second-order valence-corrected chi connectivity index (χ2v) is 6.93. The number of carboxylic acids is 1. The van der Waals surface area contributed by atoms with Crippen LogP contribution < -0.4 is 9.47 Å². The molecule has 0 fully saturated rings. The van der Waals surface area contributed by atoms with Gasteiger partial charge in [-0.05, 0) is 23.8 Å². The van der Waals surface area contributed by atoms with Crippen molar-refractivity contribution in [2.24, 2.45) is 0 Å². The van der Waals surface area contributed by atoms with E-state index in [4.69, 9.17) is 44.3 Å². The number of benzene rings is 2. The molecule has 8 heteroatoms. The predicted molar refractivity (Wildman–Crippen MR) is 98.4 cm³/mol.